The first-order valence-electron chi connectivity index (χ1n) is 9.77. The van der Waals surface area contributed by atoms with Crippen molar-refractivity contribution in [1.29, 1.82) is 5.26 Å². The van der Waals surface area contributed by atoms with Crippen LogP contribution in [0.4, 0.5) is 14.6 Å². The molecule has 9 nitrogen and oxygen atoms in total. The van der Waals surface area contributed by atoms with Crippen LogP contribution in [0.5, 0.6) is 5.75 Å². The monoisotopic (exact) mass is 484 g/mol. The lowest BCUT2D eigenvalue weighted by Gasteiger charge is -2.19. The van der Waals surface area contributed by atoms with Crippen LogP contribution < -0.4 is 20.3 Å². The van der Waals surface area contributed by atoms with Crippen molar-refractivity contribution in [2.45, 2.75) is 6.92 Å². The van der Waals surface area contributed by atoms with Crippen LogP contribution in [-0.2, 0) is 4.79 Å². The average Bonchev–Trinajstić information content (AvgIpc) is 2.81. The van der Waals surface area contributed by atoms with Crippen molar-refractivity contribution in [2.75, 3.05) is 25.4 Å². The Morgan fingerprint density at radius 1 is 1.24 bits per heavy atom. The summed E-state index contributed by atoms with van der Waals surface area (Å²) in [6.07, 6.45) is 2.64. The van der Waals surface area contributed by atoms with Crippen LogP contribution in [0.25, 0.3) is 11.3 Å². The Balaban J connectivity index is 1.75. The fourth-order valence-corrected chi connectivity index (χ4v) is 3.32. The lowest BCUT2D eigenvalue weighted by molar-refractivity contribution is -0.117. The van der Waals surface area contributed by atoms with Crippen LogP contribution in [0, 0.1) is 24.1 Å². The van der Waals surface area contributed by atoms with Gasteiger partial charge < -0.3 is 10.1 Å². The minimum absolute atomic E-state index is 0.0240. The molecule has 0 saturated heterocycles. The van der Waals surface area contributed by atoms with Gasteiger partial charge in [0, 0.05) is 31.1 Å². The van der Waals surface area contributed by atoms with Gasteiger partial charge in [0.15, 0.2) is 11.6 Å². The van der Waals surface area contributed by atoms with Gasteiger partial charge in [-0.1, -0.05) is 0 Å². The molecular weight excluding hydrogens is 465 g/mol. The van der Waals surface area contributed by atoms with Crippen molar-refractivity contribution < 1.29 is 23.1 Å². The van der Waals surface area contributed by atoms with E-state index in [1.807, 2.05) is 6.07 Å². The predicted octanol–water partition coefficient (Wildman–Crippen LogP) is 2.06. The number of carbonyl (C=O) groups excluding carboxylic acids is 2. The number of ether oxygens (including phenoxy) is 1. The number of nitrogens with zero attached hydrogens (tertiary/aromatic N) is 5. The van der Waals surface area contributed by atoms with E-state index in [0.29, 0.717) is 22.1 Å². The Bertz CT molecular complexity index is 1280. The summed E-state index contributed by atoms with van der Waals surface area (Å²) in [6, 6.07) is 7.43. The maximum atomic E-state index is 13.8. The van der Waals surface area contributed by atoms with E-state index < -0.39 is 31.0 Å². The number of anilines is 1. The number of nitriles is 1. The Labute approximate surface area is 196 Å². The van der Waals surface area contributed by atoms with Crippen LogP contribution in [0.1, 0.15) is 21.7 Å². The van der Waals surface area contributed by atoms with Gasteiger partial charge in [-0.25, -0.2) is 23.7 Å². The zero-order valence-corrected chi connectivity index (χ0v) is 19.3. The standard InChI is InChI=1S/C22H19F2N6O3P/c1-12-8-26-20(29-19(12)14-4-15(24)6-16(34)5-14)22(32)28-10-18(31)30(2)21-17(33-11-23)3-13(7-25)9-27-21/h3-6,8-9H,10-11,34H2,1-2H3,(H,28,32). The summed E-state index contributed by atoms with van der Waals surface area (Å²) < 4.78 is 31.3. The molecule has 0 aliphatic carbocycles. The molecule has 12 heteroatoms. The Morgan fingerprint density at radius 2 is 2.00 bits per heavy atom. The minimum atomic E-state index is -1.18. The van der Waals surface area contributed by atoms with Crippen LogP contribution >= 0.6 is 9.24 Å². The first-order valence-corrected chi connectivity index (χ1v) is 10.3. The number of hydrogen-bond donors (Lipinski definition) is 1. The lowest BCUT2D eigenvalue weighted by Crippen LogP contribution is -2.39. The fraction of sp³-hybridized carbons (Fsp3) is 0.182. The van der Waals surface area contributed by atoms with E-state index in [4.69, 9.17) is 10.00 Å². The van der Waals surface area contributed by atoms with E-state index in [1.165, 1.54) is 37.6 Å². The van der Waals surface area contributed by atoms with Gasteiger partial charge in [0.25, 0.3) is 5.91 Å². The number of halogens is 2. The minimum Gasteiger partial charge on any atom is -0.459 e. The highest BCUT2D eigenvalue weighted by Crippen LogP contribution is 2.26. The largest absolute Gasteiger partial charge is 0.459 e. The molecule has 174 valence electrons. The number of nitrogens with one attached hydrogen (secondary N) is 1. The molecule has 0 radical (unpaired) electrons. The third kappa shape index (κ3) is 5.66. The van der Waals surface area contributed by atoms with E-state index in [-0.39, 0.29) is 23.0 Å². The highest BCUT2D eigenvalue weighted by atomic mass is 31.0. The molecular formula is C22H19F2N6O3P. The summed E-state index contributed by atoms with van der Waals surface area (Å²) in [6.45, 7) is 0.0951. The number of aromatic nitrogens is 3. The predicted molar refractivity (Wildman–Crippen MR) is 123 cm³/mol. The van der Waals surface area contributed by atoms with E-state index in [9.17, 15) is 18.4 Å². The van der Waals surface area contributed by atoms with Gasteiger partial charge in [0.05, 0.1) is 17.8 Å². The molecule has 0 aliphatic heterocycles. The summed E-state index contributed by atoms with van der Waals surface area (Å²) in [4.78, 5) is 38.4. The molecule has 1 unspecified atom stereocenters. The molecule has 1 aromatic carbocycles. The maximum absolute atomic E-state index is 13.8. The van der Waals surface area contributed by atoms with Crippen LogP contribution in [0.15, 0.2) is 36.7 Å². The Hall–Kier alpha value is -4.03. The number of benzene rings is 1. The molecule has 34 heavy (non-hydrogen) atoms. The van der Waals surface area contributed by atoms with Crippen molar-refractivity contribution in [1.82, 2.24) is 20.3 Å². The number of carbonyl (C=O) groups is 2. The topological polar surface area (TPSA) is 121 Å². The van der Waals surface area contributed by atoms with Gasteiger partial charge >= 0.3 is 0 Å². The molecule has 0 bridgehead atoms. The smallest absolute Gasteiger partial charge is 0.289 e. The van der Waals surface area contributed by atoms with Crippen molar-refractivity contribution >= 4 is 32.2 Å². The molecule has 2 aromatic heterocycles. The summed E-state index contributed by atoms with van der Waals surface area (Å²) in [5, 5.41) is 12.0. The van der Waals surface area contributed by atoms with Gasteiger partial charge in [-0.2, -0.15) is 5.26 Å². The van der Waals surface area contributed by atoms with Gasteiger partial charge in [-0.05, 0) is 36.0 Å². The second-order valence-electron chi connectivity index (χ2n) is 7.04. The van der Waals surface area contributed by atoms with Crippen LogP contribution in [-0.4, -0.2) is 47.2 Å². The van der Waals surface area contributed by atoms with Crippen molar-refractivity contribution in [3.63, 3.8) is 0 Å². The third-order valence-corrected chi connectivity index (χ3v) is 4.97. The fourth-order valence-electron chi connectivity index (χ4n) is 2.98. The van der Waals surface area contributed by atoms with E-state index in [2.05, 4.69) is 29.5 Å². The quantitative estimate of drug-likeness (QED) is 0.510. The first kappa shape index (κ1) is 24.6. The molecule has 1 N–H and O–H groups in total. The normalized spacial score (nSPS) is 10.4. The summed E-state index contributed by atoms with van der Waals surface area (Å²) in [7, 11) is 3.76. The van der Waals surface area contributed by atoms with Crippen molar-refractivity contribution in [3.05, 3.63) is 59.4 Å². The highest BCUT2D eigenvalue weighted by molar-refractivity contribution is 7.27. The van der Waals surface area contributed by atoms with E-state index >= 15 is 0 Å². The second-order valence-corrected chi connectivity index (χ2v) is 7.71. The average molecular weight is 484 g/mol. The number of hydrogen-bond acceptors (Lipinski definition) is 7. The number of aryl methyl sites for hydroxylation is 1. The number of likely N-dealkylation sites (N-methyl/N-ethyl adjacent to an activating group) is 1. The molecule has 0 aliphatic rings. The number of amides is 2. The van der Waals surface area contributed by atoms with Crippen LogP contribution in [0.2, 0.25) is 0 Å². The lowest BCUT2D eigenvalue weighted by atomic mass is 10.1. The summed E-state index contributed by atoms with van der Waals surface area (Å²) >= 11 is 0. The van der Waals surface area contributed by atoms with Gasteiger partial charge in [-0.3, -0.25) is 14.5 Å². The molecule has 0 spiro atoms. The summed E-state index contributed by atoms with van der Waals surface area (Å²) in [5.41, 5.74) is 1.61. The van der Waals surface area contributed by atoms with Gasteiger partial charge in [0.2, 0.25) is 18.6 Å². The van der Waals surface area contributed by atoms with Crippen LogP contribution in [0.3, 0.4) is 0 Å². The number of alkyl halides is 1. The van der Waals surface area contributed by atoms with E-state index in [0.717, 1.165) is 4.90 Å². The zero-order valence-electron chi connectivity index (χ0n) is 18.2. The highest BCUT2D eigenvalue weighted by Gasteiger charge is 2.20. The molecule has 3 rings (SSSR count). The zero-order chi connectivity index (χ0) is 24.8. The SMILES string of the molecule is Cc1cnc(C(=O)NCC(=O)N(C)c2ncc(C#N)cc2OCF)nc1-c1cc(F)cc(P)c1. The first-order chi connectivity index (χ1) is 16.2. The van der Waals surface area contributed by atoms with Crippen molar-refractivity contribution in [2.24, 2.45) is 0 Å². The Kier molecular flexibility index (Phi) is 7.76. The van der Waals surface area contributed by atoms with Gasteiger partial charge in [-0.15, -0.1) is 9.24 Å². The van der Waals surface area contributed by atoms with Gasteiger partial charge in [0.1, 0.15) is 11.9 Å². The van der Waals surface area contributed by atoms with E-state index in [1.54, 1.807) is 13.0 Å². The maximum Gasteiger partial charge on any atom is 0.289 e. The molecule has 1 atom stereocenters. The number of pyridine rings is 1. The van der Waals surface area contributed by atoms with Crippen molar-refractivity contribution in [3.8, 4) is 23.1 Å². The third-order valence-electron chi connectivity index (χ3n) is 4.63. The summed E-state index contributed by atoms with van der Waals surface area (Å²) in [5.74, 6) is -2.10. The Morgan fingerprint density at radius 3 is 2.68 bits per heavy atom. The molecule has 3 aromatic rings. The molecule has 0 fully saturated rings. The number of rotatable bonds is 7. The molecule has 0 saturated carbocycles. The second kappa shape index (κ2) is 10.7. The molecule has 2 heterocycles. The molecule has 2 amide bonds.